The SMILES string of the molecule is CCC(CNC(C)C)Oc1ccccc1OC. The lowest BCUT2D eigenvalue weighted by molar-refractivity contribution is 0.183. The lowest BCUT2D eigenvalue weighted by Crippen LogP contribution is -2.34. The second kappa shape index (κ2) is 7.17. The van der Waals surface area contributed by atoms with Gasteiger partial charge in [0.25, 0.3) is 0 Å². The van der Waals surface area contributed by atoms with Crippen LogP contribution in [0.25, 0.3) is 0 Å². The highest BCUT2D eigenvalue weighted by Crippen LogP contribution is 2.27. The van der Waals surface area contributed by atoms with E-state index >= 15 is 0 Å². The van der Waals surface area contributed by atoms with Gasteiger partial charge in [-0.05, 0) is 18.6 Å². The highest BCUT2D eigenvalue weighted by Gasteiger charge is 2.11. The smallest absolute Gasteiger partial charge is 0.161 e. The zero-order valence-corrected chi connectivity index (χ0v) is 11.2. The second-order valence-electron chi connectivity index (χ2n) is 4.36. The number of methoxy groups -OCH3 is 1. The molecule has 96 valence electrons. The summed E-state index contributed by atoms with van der Waals surface area (Å²) in [6.45, 7) is 7.25. The average Bonchev–Trinajstić information content (AvgIpc) is 2.34. The minimum atomic E-state index is 0.175. The Morgan fingerprint density at radius 2 is 1.82 bits per heavy atom. The van der Waals surface area contributed by atoms with Crippen molar-refractivity contribution in [2.75, 3.05) is 13.7 Å². The van der Waals surface area contributed by atoms with Crippen molar-refractivity contribution < 1.29 is 9.47 Å². The van der Waals surface area contributed by atoms with Crippen LogP contribution in [0.4, 0.5) is 0 Å². The molecule has 0 aliphatic rings. The molecule has 0 amide bonds. The molecule has 0 spiro atoms. The van der Waals surface area contributed by atoms with E-state index in [1.165, 1.54) is 0 Å². The number of ether oxygens (including phenoxy) is 2. The van der Waals surface area contributed by atoms with Crippen LogP contribution in [-0.4, -0.2) is 25.8 Å². The summed E-state index contributed by atoms with van der Waals surface area (Å²) in [4.78, 5) is 0. The quantitative estimate of drug-likeness (QED) is 0.791. The molecule has 1 N–H and O–H groups in total. The summed E-state index contributed by atoms with van der Waals surface area (Å²) in [6.07, 6.45) is 1.14. The Bertz CT molecular complexity index is 326. The summed E-state index contributed by atoms with van der Waals surface area (Å²) in [5, 5.41) is 3.39. The van der Waals surface area contributed by atoms with Crippen molar-refractivity contribution in [1.82, 2.24) is 5.32 Å². The Hall–Kier alpha value is -1.22. The van der Waals surface area contributed by atoms with E-state index < -0.39 is 0 Å². The van der Waals surface area contributed by atoms with E-state index in [-0.39, 0.29) is 6.10 Å². The molecule has 0 aromatic heterocycles. The normalized spacial score (nSPS) is 12.5. The monoisotopic (exact) mass is 237 g/mol. The van der Waals surface area contributed by atoms with Gasteiger partial charge in [0.2, 0.25) is 0 Å². The van der Waals surface area contributed by atoms with E-state index in [1.807, 2.05) is 24.3 Å². The fourth-order valence-electron chi connectivity index (χ4n) is 1.53. The topological polar surface area (TPSA) is 30.5 Å². The third kappa shape index (κ3) is 4.65. The molecule has 0 saturated carbocycles. The summed E-state index contributed by atoms with van der Waals surface area (Å²) in [5.74, 6) is 1.60. The Labute approximate surface area is 104 Å². The van der Waals surface area contributed by atoms with Gasteiger partial charge in [-0.3, -0.25) is 0 Å². The number of hydrogen-bond acceptors (Lipinski definition) is 3. The predicted molar refractivity (Wildman–Crippen MR) is 70.8 cm³/mol. The molecular weight excluding hydrogens is 214 g/mol. The molecule has 3 heteroatoms. The third-order valence-corrected chi connectivity index (χ3v) is 2.57. The molecule has 17 heavy (non-hydrogen) atoms. The minimum absolute atomic E-state index is 0.175. The largest absolute Gasteiger partial charge is 0.493 e. The standard InChI is InChI=1S/C14H23NO2/c1-5-12(10-15-11(2)3)17-14-9-7-6-8-13(14)16-4/h6-9,11-12,15H,5,10H2,1-4H3. The summed E-state index contributed by atoms with van der Waals surface area (Å²) < 4.78 is 11.2. The van der Waals surface area contributed by atoms with Crippen LogP contribution in [0.1, 0.15) is 27.2 Å². The van der Waals surface area contributed by atoms with Crippen molar-refractivity contribution in [3.05, 3.63) is 24.3 Å². The predicted octanol–water partition coefficient (Wildman–Crippen LogP) is 2.85. The summed E-state index contributed by atoms with van der Waals surface area (Å²) in [5.41, 5.74) is 0. The fraction of sp³-hybridized carbons (Fsp3) is 0.571. The van der Waals surface area contributed by atoms with Crippen molar-refractivity contribution >= 4 is 0 Å². The molecule has 0 fully saturated rings. The molecule has 0 aliphatic carbocycles. The second-order valence-corrected chi connectivity index (χ2v) is 4.36. The Balaban J connectivity index is 2.60. The van der Waals surface area contributed by atoms with Crippen LogP contribution in [-0.2, 0) is 0 Å². The van der Waals surface area contributed by atoms with E-state index in [1.54, 1.807) is 7.11 Å². The summed E-state index contributed by atoms with van der Waals surface area (Å²) in [7, 11) is 1.66. The lowest BCUT2D eigenvalue weighted by Gasteiger charge is -2.20. The number of benzene rings is 1. The molecule has 1 aromatic rings. The van der Waals surface area contributed by atoms with Gasteiger partial charge in [-0.2, -0.15) is 0 Å². The zero-order valence-electron chi connectivity index (χ0n) is 11.2. The van der Waals surface area contributed by atoms with Crippen molar-refractivity contribution in [3.63, 3.8) is 0 Å². The van der Waals surface area contributed by atoms with Gasteiger partial charge in [0.05, 0.1) is 7.11 Å². The maximum absolute atomic E-state index is 5.95. The first kappa shape index (κ1) is 13.8. The third-order valence-electron chi connectivity index (χ3n) is 2.57. The van der Waals surface area contributed by atoms with Crippen LogP contribution >= 0.6 is 0 Å². The zero-order chi connectivity index (χ0) is 12.7. The lowest BCUT2D eigenvalue weighted by atomic mass is 10.2. The molecule has 0 bridgehead atoms. The Morgan fingerprint density at radius 3 is 2.35 bits per heavy atom. The Morgan fingerprint density at radius 1 is 1.18 bits per heavy atom. The van der Waals surface area contributed by atoms with Crippen LogP contribution in [0.5, 0.6) is 11.5 Å². The number of rotatable bonds is 7. The minimum Gasteiger partial charge on any atom is -0.493 e. The molecule has 0 saturated heterocycles. The first-order valence-corrected chi connectivity index (χ1v) is 6.20. The van der Waals surface area contributed by atoms with Gasteiger partial charge < -0.3 is 14.8 Å². The number of para-hydroxylation sites is 2. The first-order valence-electron chi connectivity index (χ1n) is 6.20. The van der Waals surface area contributed by atoms with Crippen LogP contribution < -0.4 is 14.8 Å². The van der Waals surface area contributed by atoms with Gasteiger partial charge in [0.15, 0.2) is 11.5 Å². The van der Waals surface area contributed by atoms with Crippen molar-refractivity contribution in [1.29, 1.82) is 0 Å². The molecule has 3 nitrogen and oxygen atoms in total. The van der Waals surface area contributed by atoms with E-state index in [2.05, 4.69) is 26.1 Å². The number of hydrogen-bond donors (Lipinski definition) is 1. The van der Waals surface area contributed by atoms with Crippen molar-refractivity contribution in [3.8, 4) is 11.5 Å². The summed E-state index contributed by atoms with van der Waals surface area (Å²) in [6, 6.07) is 8.24. The van der Waals surface area contributed by atoms with Gasteiger partial charge in [0, 0.05) is 12.6 Å². The van der Waals surface area contributed by atoms with E-state index in [0.717, 1.165) is 24.5 Å². The van der Waals surface area contributed by atoms with Crippen LogP contribution in [0.3, 0.4) is 0 Å². The van der Waals surface area contributed by atoms with Gasteiger partial charge in [-0.15, -0.1) is 0 Å². The maximum Gasteiger partial charge on any atom is 0.161 e. The summed E-state index contributed by atoms with van der Waals surface area (Å²) >= 11 is 0. The Kier molecular flexibility index (Phi) is 5.84. The molecule has 1 aromatic carbocycles. The van der Waals surface area contributed by atoms with E-state index in [4.69, 9.17) is 9.47 Å². The van der Waals surface area contributed by atoms with Gasteiger partial charge in [0.1, 0.15) is 6.10 Å². The molecule has 0 radical (unpaired) electrons. The van der Waals surface area contributed by atoms with Crippen molar-refractivity contribution in [2.24, 2.45) is 0 Å². The van der Waals surface area contributed by atoms with Crippen LogP contribution in [0.15, 0.2) is 24.3 Å². The first-order chi connectivity index (χ1) is 8.17. The maximum atomic E-state index is 5.95. The molecule has 0 heterocycles. The molecular formula is C14H23NO2. The molecule has 0 aliphatic heterocycles. The van der Waals surface area contributed by atoms with Crippen molar-refractivity contribution in [2.45, 2.75) is 39.3 Å². The average molecular weight is 237 g/mol. The molecule has 1 rings (SSSR count). The van der Waals surface area contributed by atoms with Gasteiger partial charge >= 0.3 is 0 Å². The van der Waals surface area contributed by atoms with Gasteiger partial charge in [-0.1, -0.05) is 32.9 Å². The van der Waals surface area contributed by atoms with Crippen LogP contribution in [0, 0.1) is 0 Å². The van der Waals surface area contributed by atoms with Gasteiger partial charge in [-0.25, -0.2) is 0 Å². The molecule has 1 atom stereocenters. The highest BCUT2D eigenvalue weighted by molar-refractivity contribution is 5.39. The van der Waals surface area contributed by atoms with E-state index in [0.29, 0.717) is 6.04 Å². The highest BCUT2D eigenvalue weighted by atomic mass is 16.5. The number of nitrogens with one attached hydrogen (secondary N) is 1. The fourth-order valence-corrected chi connectivity index (χ4v) is 1.53. The molecule has 1 unspecified atom stereocenters. The van der Waals surface area contributed by atoms with Crippen LogP contribution in [0.2, 0.25) is 0 Å². The van der Waals surface area contributed by atoms with E-state index in [9.17, 15) is 0 Å².